The summed E-state index contributed by atoms with van der Waals surface area (Å²) in [5.74, 6) is 0. The number of rotatable bonds is 5. The van der Waals surface area contributed by atoms with Gasteiger partial charge in [0.05, 0.1) is 10.1 Å². The van der Waals surface area contributed by atoms with Gasteiger partial charge in [-0.1, -0.05) is 42.5 Å². The quantitative estimate of drug-likeness (QED) is 0.923. The van der Waals surface area contributed by atoms with E-state index in [4.69, 9.17) is 0 Å². The van der Waals surface area contributed by atoms with E-state index in [0.717, 1.165) is 11.1 Å². The average Bonchev–Trinajstić information content (AvgIpc) is 2.49. The van der Waals surface area contributed by atoms with Crippen molar-refractivity contribution in [1.82, 2.24) is 5.32 Å². The van der Waals surface area contributed by atoms with E-state index in [0.29, 0.717) is 4.90 Å². The molecular formula is C17H21NO2S. The molecule has 2 atom stereocenters. The van der Waals surface area contributed by atoms with Crippen LogP contribution in [0.25, 0.3) is 0 Å². The van der Waals surface area contributed by atoms with Crippen molar-refractivity contribution in [1.29, 1.82) is 0 Å². The zero-order valence-corrected chi connectivity index (χ0v) is 13.4. The van der Waals surface area contributed by atoms with Crippen molar-refractivity contribution in [2.24, 2.45) is 0 Å². The maximum Gasteiger partial charge on any atom is 0.182 e. The van der Waals surface area contributed by atoms with Crippen molar-refractivity contribution in [3.8, 4) is 0 Å². The predicted octanol–water partition coefficient (Wildman–Crippen LogP) is 3.12. The van der Waals surface area contributed by atoms with E-state index in [1.54, 1.807) is 32.2 Å². The fourth-order valence-corrected chi connectivity index (χ4v) is 4.22. The summed E-state index contributed by atoms with van der Waals surface area (Å²) in [7, 11) is -1.59. The minimum Gasteiger partial charge on any atom is -0.312 e. The first kappa shape index (κ1) is 15.7. The Balaban J connectivity index is 2.39. The molecule has 0 spiro atoms. The lowest BCUT2D eigenvalue weighted by molar-refractivity contribution is 0.530. The first-order chi connectivity index (χ1) is 9.96. The molecule has 2 aromatic carbocycles. The van der Waals surface area contributed by atoms with Gasteiger partial charge in [-0.2, -0.15) is 0 Å². The van der Waals surface area contributed by atoms with E-state index in [-0.39, 0.29) is 6.04 Å². The zero-order valence-electron chi connectivity index (χ0n) is 12.6. The van der Waals surface area contributed by atoms with E-state index in [9.17, 15) is 8.42 Å². The van der Waals surface area contributed by atoms with Gasteiger partial charge in [-0.15, -0.1) is 0 Å². The molecule has 2 unspecified atom stereocenters. The van der Waals surface area contributed by atoms with Crippen LogP contribution in [0.3, 0.4) is 0 Å². The van der Waals surface area contributed by atoms with Gasteiger partial charge in [-0.3, -0.25) is 0 Å². The molecule has 0 amide bonds. The lowest BCUT2D eigenvalue weighted by atomic mass is 10.0. The highest BCUT2D eigenvalue weighted by Gasteiger charge is 2.31. The maximum atomic E-state index is 12.8. The summed E-state index contributed by atoms with van der Waals surface area (Å²) in [6.45, 7) is 3.66. The van der Waals surface area contributed by atoms with Gasteiger partial charge in [0.15, 0.2) is 9.84 Å². The summed E-state index contributed by atoms with van der Waals surface area (Å²) in [5.41, 5.74) is 1.92. The Labute approximate surface area is 126 Å². The second kappa shape index (κ2) is 6.41. The van der Waals surface area contributed by atoms with Gasteiger partial charge in [0, 0.05) is 6.04 Å². The molecule has 2 aromatic rings. The Bertz CT molecular complexity index is 696. The third kappa shape index (κ3) is 3.34. The average molecular weight is 303 g/mol. The number of aryl methyl sites for hydroxylation is 1. The summed E-state index contributed by atoms with van der Waals surface area (Å²) < 4.78 is 25.6. The largest absolute Gasteiger partial charge is 0.312 e. The molecule has 112 valence electrons. The van der Waals surface area contributed by atoms with Crippen molar-refractivity contribution in [3.63, 3.8) is 0 Å². The summed E-state index contributed by atoms with van der Waals surface area (Å²) in [5, 5.41) is 2.58. The SMILES string of the molecule is CNC(c1ccccc1)C(C)S(=O)(=O)c1cccc(C)c1. The van der Waals surface area contributed by atoms with Crippen molar-refractivity contribution in [2.75, 3.05) is 7.05 Å². The Morgan fingerprint density at radius 1 is 1.00 bits per heavy atom. The van der Waals surface area contributed by atoms with Crippen molar-refractivity contribution in [2.45, 2.75) is 30.0 Å². The third-order valence-electron chi connectivity index (χ3n) is 3.75. The van der Waals surface area contributed by atoms with Crippen molar-refractivity contribution >= 4 is 9.84 Å². The van der Waals surface area contributed by atoms with E-state index in [1.165, 1.54) is 0 Å². The van der Waals surface area contributed by atoms with Crippen LogP contribution < -0.4 is 5.32 Å². The third-order valence-corrected chi connectivity index (χ3v) is 5.91. The number of hydrogen-bond acceptors (Lipinski definition) is 3. The minimum absolute atomic E-state index is 0.239. The molecule has 1 N–H and O–H groups in total. The van der Waals surface area contributed by atoms with E-state index >= 15 is 0 Å². The lowest BCUT2D eigenvalue weighted by Gasteiger charge is -2.24. The molecule has 0 aliphatic rings. The summed E-state index contributed by atoms with van der Waals surface area (Å²) in [6, 6.07) is 16.5. The molecule has 0 saturated heterocycles. The molecule has 0 aromatic heterocycles. The van der Waals surface area contributed by atoms with Crippen LogP contribution in [-0.4, -0.2) is 20.7 Å². The number of benzene rings is 2. The molecule has 0 radical (unpaired) electrons. The molecule has 0 aliphatic carbocycles. The van der Waals surface area contributed by atoms with Crippen molar-refractivity contribution in [3.05, 3.63) is 65.7 Å². The first-order valence-corrected chi connectivity index (χ1v) is 8.54. The normalized spacial score (nSPS) is 14.6. The van der Waals surface area contributed by atoms with Crippen LogP contribution in [0.2, 0.25) is 0 Å². The second-order valence-corrected chi connectivity index (χ2v) is 7.55. The Morgan fingerprint density at radius 3 is 2.24 bits per heavy atom. The Hall–Kier alpha value is -1.65. The van der Waals surface area contributed by atoms with Crippen LogP contribution >= 0.6 is 0 Å². The minimum atomic E-state index is -3.38. The van der Waals surface area contributed by atoms with Crippen LogP contribution in [0.5, 0.6) is 0 Å². The highest BCUT2D eigenvalue weighted by atomic mass is 32.2. The number of nitrogens with one attached hydrogen (secondary N) is 1. The Morgan fingerprint density at radius 2 is 1.67 bits per heavy atom. The second-order valence-electron chi connectivity index (χ2n) is 5.24. The standard InChI is InChI=1S/C17H21NO2S/c1-13-8-7-11-16(12-13)21(19,20)14(2)17(18-3)15-9-5-4-6-10-15/h4-12,14,17-18H,1-3H3. The molecule has 0 aliphatic heterocycles. The highest BCUT2D eigenvalue weighted by molar-refractivity contribution is 7.92. The van der Waals surface area contributed by atoms with Gasteiger partial charge in [-0.25, -0.2) is 8.42 Å². The first-order valence-electron chi connectivity index (χ1n) is 6.99. The number of hydrogen-bond donors (Lipinski definition) is 1. The van der Waals surface area contributed by atoms with E-state index < -0.39 is 15.1 Å². The van der Waals surface area contributed by atoms with Gasteiger partial charge in [-0.05, 0) is 44.2 Å². The maximum absolute atomic E-state index is 12.8. The fourth-order valence-electron chi connectivity index (χ4n) is 2.52. The topological polar surface area (TPSA) is 46.2 Å². The lowest BCUT2D eigenvalue weighted by Crippen LogP contribution is -2.33. The molecule has 4 heteroatoms. The predicted molar refractivity (Wildman–Crippen MR) is 86.1 cm³/mol. The van der Waals surface area contributed by atoms with Gasteiger partial charge < -0.3 is 5.32 Å². The molecule has 3 nitrogen and oxygen atoms in total. The van der Waals surface area contributed by atoms with Gasteiger partial charge in [0.25, 0.3) is 0 Å². The zero-order chi connectivity index (χ0) is 15.5. The monoisotopic (exact) mass is 303 g/mol. The van der Waals surface area contributed by atoms with E-state index in [2.05, 4.69) is 5.32 Å². The number of sulfone groups is 1. The van der Waals surface area contributed by atoms with Crippen molar-refractivity contribution < 1.29 is 8.42 Å². The van der Waals surface area contributed by atoms with Gasteiger partial charge >= 0.3 is 0 Å². The van der Waals surface area contributed by atoms with Crippen LogP contribution in [0.1, 0.15) is 24.1 Å². The van der Waals surface area contributed by atoms with E-state index in [1.807, 2.05) is 43.3 Å². The van der Waals surface area contributed by atoms with Crippen LogP contribution in [0, 0.1) is 6.92 Å². The molecule has 21 heavy (non-hydrogen) atoms. The fraction of sp³-hybridized carbons (Fsp3) is 0.294. The molecule has 0 fully saturated rings. The summed E-state index contributed by atoms with van der Waals surface area (Å²) >= 11 is 0. The summed E-state index contributed by atoms with van der Waals surface area (Å²) in [6.07, 6.45) is 0. The smallest absolute Gasteiger partial charge is 0.182 e. The summed E-state index contributed by atoms with van der Waals surface area (Å²) in [4.78, 5) is 0.381. The van der Waals surface area contributed by atoms with Crippen LogP contribution in [0.4, 0.5) is 0 Å². The highest BCUT2D eigenvalue weighted by Crippen LogP contribution is 2.27. The molecule has 0 heterocycles. The molecular weight excluding hydrogens is 282 g/mol. The van der Waals surface area contributed by atoms with Crippen LogP contribution in [0.15, 0.2) is 59.5 Å². The van der Waals surface area contributed by atoms with Crippen LogP contribution in [-0.2, 0) is 9.84 Å². The van der Waals surface area contributed by atoms with Gasteiger partial charge in [0.1, 0.15) is 0 Å². The molecule has 0 bridgehead atoms. The molecule has 0 saturated carbocycles. The Kier molecular flexibility index (Phi) is 4.80. The molecule has 2 rings (SSSR count). The van der Waals surface area contributed by atoms with Gasteiger partial charge in [0.2, 0.25) is 0 Å².